The van der Waals surface area contributed by atoms with E-state index in [0.717, 1.165) is 19.2 Å². The Hall–Kier alpha value is -2.90. The predicted octanol–water partition coefficient (Wildman–Crippen LogP) is 3.29. The van der Waals surface area contributed by atoms with Crippen LogP contribution in [0, 0.1) is 5.82 Å². The van der Waals surface area contributed by atoms with Gasteiger partial charge in [0, 0.05) is 6.42 Å². The highest BCUT2D eigenvalue weighted by atomic mass is 19.4. The number of hydrogen-bond donors (Lipinski definition) is 1. The molecule has 1 atom stereocenters. The molecule has 1 N–H and O–H groups in total. The van der Waals surface area contributed by atoms with Gasteiger partial charge in [0.2, 0.25) is 5.91 Å². The van der Waals surface area contributed by atoms with E-state index in [-0.39, 0.29) is 24.0 Å². The Balaban J connectivity index is 2.10. The Morgan fingerprint density at radius 1 is 1.11 bits per heavy atom. The quantitative estimate of drug-likeness (QED) is 0.615. The van der Waals surface area contributed by atoms with E-state index >= 15 is 0 Å². The lowest BCUT2D eigenvalue weighted by molar-refractivity contribution is -0.145. The summed E-state index contributed by atoms with van der Waals surface area (Å²) in [6.45, 7) is 0. The normalized spacial score (nSPS) is 12.3. The molecule has 1 amide bonds. The van der Waals surface area contributed by atoms with Crippen LogP contribution in [-0.4, -0.2) is 25.0 Å². The fourth-order valence-electron chi connectivity index (χ4n) is 2.51. The molecule has 0 aromatic heterocycles. The number of rotatable bonds is 6. The van der Waals surface area contributed by atoms with Gasteiger partial charge in [0.25, 0.3) is 0 Å². The maximum atomic E-state index is 13.8. The number of halogens is 4. The van der Waals surface area contributed by atoms with Gasteiger partial charge in [-0.1, -0.05) is 36.4 Å². The van der Waals surface area contributed by atoms with Gasteiger partial charge in [-0.2, -0.15) is 13.2 Å². The zero-order valence-corrected chi connectivity index (χ0v) is 14.3. The van der Waals surface area contributed by atoms with E-state index in [9.17, 15) is 27.2 Å². The molecule has 0 saturated carbocycles. The summed E-state index contributed by atoms with van der Waals surface area (Å²) < 4.78 is 56.7. The van der Waals surface area contributed by atoms with Crippen LogP contribution in [0.1, 0.15) is 16.7 Å². The number of hydrogen-bond acceptors (Lipinski definition) is 3. The van der Waals surface area contributed by atoms with Gasteiger partial charge in [-0.15, -0.1) is 0 Å². The zero-order chi connectivity index (χ0) is 20.0. The summed E-state index contributed by atoms with van der Waals surface area (Å²) in [6.07, 6.45) is -5.03. The average Bonchev–Trinajstić information content (AvgIpc) is 2.61. The molecular formula is C19H17F4NO3. The van der Waals surface area contributed by atoms with Crippen LogP contribution in [0.3, 0.4) is 0 Å². The van der Waals surface area contributed by atoms with Gasteiger partial charge >= 0.3 is 12.1 Å². The highest BCUT2D eigenvalue weighted by Gasteiger charge is 2.30. The maximum absolute atomic E-state index is 13.8. The molecule has 2 aromatic carbocycles. The average molecular weight is 383 g/mol. The molecule has 2 rings (SSSR count). The van der Waals surface area contributed by atoms with Crippen LogP contribution in [0.4, 0.5) is 17.6 Å². The minimum absolute atomic E-state index is 0.136. The first kappa shape index (κ1) is 20.4. The summed E-state index contributed by atoms with van der Waals surface area (Å²) in [5.74, 6) is -2.00. The fraction of sp³-hybridized carbons (Fsp3) is 0.263. The summed E-state index contributed by atoms with van der Waals surface area (Å²) in [5, 5.41) is 2.39. The third-order valence-corrected chi connectivity index (χ3v) is 3.82. The third kappa shape index (κ3) is 5.80. The number of carbonyl (C=O) groups is 2. The Bertz CT molecular complexity index is 821. The number of esters is 1. The fourth-order valence-corrected chi connectivity index (χ4v) is 2.51. The lowest BCUT2D eigenvalue weighted by Crippen LogP contribution is -2.43. The van der Waals surface area contributed by atoms with Gasteiger partial charge in [-0.25, -0.2) is 9.18 Å². The van der Waals surface area contributed by atoms with Gasteiger partial charge in [0.15, 0.2) is 0 Å². The molecule has 2 aromatic rings. The molecule has 0 fully saturated rings. The zero-order valence-electron chi connectivity index (χ0n) is 14.3. The van der Waals surface area contributed by atoms with E-state index in [1.165, 1.54) is 30.3 Å². The number of methoxy groups -OCH3 is 1. The number of benzene rings is 2. The van der Waals surface area contributed by atoms with Crippen molar-refractivity contribution in [3.05, 3.63) is 71.0 Å². The van der Waals surface area contributed by atoms with Crippen molar-refractivity contribution in [1.82, 2.24) is 5.32 Å². The van der Waals surface area contributed by atoms with Crippen LogP contribution in [-0.2, 0) is 33.3 Å². The minimum atomic E-state index is -4.52. The number of nitrogens with one attached hydrogen (secondary N) is 1. The molecule has 0 radical (unpaired) electrons. The Morgan fingerprint density at radius 2 is 1.81 bits per heavy atom. The van der Waals surface area contributed by atoms with Crippen LogP contribution in [0.15, 0.2) is 48.5 Å². The first-order valence-corrected chi connectivity index (χ1v) is 7.97. The molecule has 27 heavy (non-hydrogen) atoms. The van der Waals surface area contributed by atoms with Crippen molar-refractivity contribution in [3.8, 4) is 0 Å². The molecule has 144 valence electrons. The molecule has 0 heterocycles. The van der Waals surface area contributed by atoms with Crippen LogP contribution in [0.2, 0.25) is 0 Å². The van der Waals surface area contributed by atoms with E-state index in [1.54, 1.807) is 6.07 Å². The summed E-state index contributed by atoms with van der Waals surface area (Å²) >= 11 is 0. The lowest BCUT2D eigenvalue weighted by Gasteiger charge is -2.17. The van der Waals surface area contributed by atoms with Crippen molar-refractivity contribution in [3.63, 3.8) is 0 Å². The molecule has 4 nitrogen and oxygen atoms in total. The third-order valence-electron chi connectivity index (χ3n) is 3.82. The van der Waals surface area contributed by atoms with Crippen molar-refractivity contribution < 1.29 is 31.9 Å². The van der Waals surface area contributed by atoms with E-state index < -0.39 is 35.5 Å². The summed E-state index contributed by atoms with van der Waals surface area (Å²) in [6, 6.07) is 8.92. The van der Waals surface area contributed by atoms with Gasteiger partial charge in [-0.05, 0) is 23.3 Å². The Labute approximate surface area is 153 Å². The molecule has 0 aliphatic carbocycles. The first-order valence-electron chi connectivity index (χ1n) is 7.97. The standard InChI is InChI=1S/C19H17F4NO3/c1-27-18(26)16(11-13-6-2-3-8-15(13)20)24-17(25)10-12-5-4-7-14(9-12)19(21,22)23/h2-9,16H,10-11H2,1H3,(H,24,25)/t16-/m1/s1. The highest BCUT2D eigenvalue weighted by molar-refractivity contribution is 5.85. The lowest BCUT2D eigenvalue weighted by atomic mass is 10.0. The van der Waals surface area contributed by atoms with Crippen molar-refractivity contribution in [2.24, 2.45) is 0 Å². The second kappa shape index (κ2) is 8.66. The van der Waals surface area contributed by atoms with Gasteiger partial charge in [0.05, 0.1) is 19.1 Å². The van der Waals surface area contributed by atoms with Crippen molar-refractivity contribution >= 4 is 11.9 Å². The van der Waals surface area contributed by atoms with E-state index in [2.05, 4.69) is 10.1 Å². The van der Waals surface area contributed by atoms with Crippen LogP contribution < -0.4 is 5.32 Å². The van der Waals surface area contributed by atoms with Crippen molar-refractivity contribution in [2.45, 2.75) is 25.1 Å². The summed E-state index contributed by atoms with van der Waals surface area (Å²) in [7, 11) is 1.12. The van der Waals surface area contributed by atoms with Crippen LogP contribution in [0.25, 0.3) is 0 Å². The van der Waals surface area contributed by atoms with Gasteiger partial charge in [0.1, 0.15) is 11.9 Å². The number of amides is 1. The number of carbonyl (C=O) groups excluding carboxylic acids is 2. The van der Waals surface area contributed by atoms with Crippen molar-refractivity contribution in [2.75, 3.05) is 7.11 Å². The second-order valence-electron chi connectivity index (χ2n) is 5.81. The first-order chi connectivity index (χ1) is 12.7. The molecule has 0 unspecified atom stereocenters. The maximum Gasteiger partial charge on any atom is 0.416 e. The largest absolute Gasteiger partial charge is 0.467 e. The molecule has 0 spiro atoms. The smallest absolute Gasteiger partial charge is 0.416 e. The molecule has 0 aliphatic rings. The highest BCUT2D eigenvalue weighted by Crippen LogP contribution is 2.29. The molecule has 0 aliphatic heterocycles. The van der Waals surface area contributed by atoms with E-state index in [1.807, 2.05) is 0 Å². The Kier molecular flexibility index (Phi) is 6.55. The van der Waals surface area contributed by atoms with Gasteiger partial charge < -0.3 is 10.1 Å². The molecule has 0 saturated heterocycles. The van der Waals surface area contributed by atoms with Crippen LogP contribution in [0.5, 0.6) is 0 Å². The predicted molar refractivity (Wildman–Crippen MR) is 89.2 cm³/mol. The minimum Gasteiger partial charge on any atom is -0.467 e. The molecular weight excluding hydrogens is 366 g/mol. The molecule has 0 bridgehead atoms. The Morgan fingerprint density at radius 3 is 2.44 bits per heavy atom. The molecule has 8 heteroatoms. The van der Waals surface area contributed by atoms with E-state index in [0.29, 0.717) is 0 Å². The number of ether oxygens (including phenoxy) is 1. The van der Waals surface area contributed by atoms with Crippen LogP contribution >= 0.6 is 0 Å². The topological polar surface area (TPSA) is 55.4 Å². The van der Waals surface area contributed by atoms with Crippen molar-refractivity contribution in [1.29, 1.82) is 0 Å². The van der Waals surface area contributed by atoms with Gasteiger partial charge in [-0.3, -0.25) is 4.79 Å². The summed E-state index contributed by atoms with van der Waals surface area (Å²) in [5.41, 5.74) is -0.534. The second-order valence-corrected chi connectivity index (χ2v) is 5.81. The SMILES string of the molecule is COC(=O)[C@@H](Cc1ccccc1F)NC(=O)Cc1cccc(C(F)(F)F)c1. The monoisotopic (exact) mass is 383 g/mol. The number of alkyl halides is 3. The van der Waals surface area contributed by atoms with E-state index in [4.69, 9.17) is 0 Å². The summed E-state index contributed by atoms with van der Waals surface area (Å²) in [4.78, 5) is 24.1.